The minimum absolute atomic E-state index is 0.0262. The highest BCUT2D eigenvalue weighted by atomic mass is 32.2. The third kappa shape index (κ3) is 40.5. The number of unbranched alkanes of at least 4 members (excludes halogenated alkanes) is 2. The Kier molecular flexibility index (Phi) is 44.7. The molecule has 1 aromatic heterocycles. The van der Waals surface area contributed by atoms with Gasteiger partial charge in [0.2, 0.25) is 65.0 Å². The Morgan fingerprint density at radius 2 is 0.971 bits per heavy atom. The molecule has 0 unspecified atom stereocenters. The number of carbonyl (C=O) groups is 14. The summed E-state index contributed by atoms with van der Waals surface area (Å²) in [6, 6.07) is 0.0327. The van der Waals surface area contributed by atoms with E-state index < -0.39 is 225 Å². The van der Waals surface area contributed by atoms with Gasteiger partial charge in [0.1, 0.15) is 76.5 Å². The Labute approximate surface area is 824 Å². The largest absolute Gasteiger partial charge is 0.487 e. The third-order valence-electron chi connectivity index (χ3n) is 22.4. The lowest BCUT2D eigenvalue weighted by atomic mass is 9.94. The molecule has 0 spiro atoms. The number of amides is 12. The van der Waals surface area contributed by atoms with Crippen LogP contribution in [0.15, 0.2) is 70.7 Å². The Bertz CT molecular complexity index is 5100. The summed E-state index contributed by atoms with van der Waals surface area (Å²) < 4.78 is 67.1. The minimum Gasteiger partial charge on any atom is -0.487 e. The van der Waals surface area contributed by atoms with Gasteiger partial charge in [-0.15, -0.1) is 0 Å². The van der Waals surface area contributed by atoms with Gasteiger partial charge in [-0.3, -0.25) is 57.5 Å². The van der Waals surface area contributed by atoms with Crippen molar-refractivity contribution in [3.63, 3.8) is 0 Å². The first-order valence-corrected chi connectivity index (χ1v) is 49.5. The first-order valence-electron chi connectivity index (χ1n) is 48.0. The van der Waals surface area contributed by atoms with Crippen molar-refractivity contribution in [1.82, 2.24) is 73.1 Å². The maximum atomic E-state index is 15.7. The van der Waals surface area contributed by atoms with Crippen LogP contribution in [0.5, 0.6) is 5.75 Å². The number of para-hydroxylation sites is 1. The smallest absolute Gasteiger partial charge is 0.419 e. The Hall–Kier alpha value is -11.7. The zero-order valence-corrected chi connectivity index (χ0v) is 87.4. The number of nitrogens with zero attached hydrogens (tertiary/aromatic N) is 2. The minimum atomic E-state index is -4.45. The van der Waals surface area contributed by atoms with Gasteiger partial charge in [-0.2, -0.15) is 0 Å². The van der Waals surface area contributed by atoms with Crippen LogP contribution in [0.25, 0.3) is 10.9 Å². The van der Waals surface area contributed by atoms with Crippen molar-refractivity contribution in [1.29, 1.82) is 0 Å². The number of hydrogen-bond acceptors (Lipinski definition) is 24. The number of guanidine groups is 1. The van der Waals surface area contributed by atoms with Gasteiger partial charge in [0.15, 0.2) is 6.04 Å². The highest BCUT2D eigenvalue weighted by Crippen LogP contribution is 2.44. The quantitative estimate of drug-likeness (QED) is 0.00876. The number of fused-ring (bicyclic) bond motifs is 2. The summed E-state index contributed by atoms with van der Waals surface area (Å²) in [5.74, 6) is -12.0. The normalized spacial score (nSPS) is 15.3. The summed E-state index contributed by atoms with van der Waals surface area (Å²) in [6.07, 6.45) is -1.15. The van der Waals surface area contributed by atoms with Gasteiger partial charge in [0.05, 0.1) is 47.4 Å². The summed E-state index contributed by atoms with van der Waals surface area (Å²) in [5.41, 5.74) is 11.0. The SMILES string of the molecule is CC[C@H](C)[C@H](NC(=O)[C@H](CCCCNC(=O)OC(C)(C)C)NC(=O)[C@H](CCCCNC(=O)OC(C)(C)C)NC(=O)[C@H](Cc1ccccc1)NC(=O)[C@H](CC(C)C)NC(=O)[C@H](CCCN=C(N)NS(=O)(=O)c1c(C)c(C)c2c(c1C)CC(C)(C)O2)NC(=O)[C@H](Cc1cn(C(=O)OC(C)(C)C)c2ccccc12)NC(=O)CNC(=O)[C@H](COC(C)(C)C)NC(=O)[C@@H](N)C(C)C)C(=O)N[C@@H](COC(C)(C)C)C(=O)O. The van der Waals surface area contributed by atoms with Gasteiger partial charge in [-0.05, 0) is 248 Å². The zero-order chi connectivity index (χ0) is 106. The molecule has 782 valence electrons. The average molecular weight is 1990 g/mol. The van der Waals surface area contributed by atoms with Crippen LogP contribution in [-0.2, 0) is 106 Å². The molecule has 0 aliphatic carbocycles. The fraction of sp³-hybridized carbons (Fsp3) is 0.646. The van der Waals surface area contributed by atoms with E-state index in [1.54, 1.807) is 221 Å². The van der Waals surface area contributed by atoms with Crippen LogP contribution in [0.1, 0.15) is 257 Å². The molecular weight excluding hydrogens is 1830 g/mol. The van der Waals surface area contributed by atoms with E-state index in [1.807, 2.05) is 13.8 Å². The second-order valence-electron chi connectivity index (χ2n) is 42.1. The topological polar surface area (TPSA) is 574 Å². The van der Waals surface area contributed by atoms with Crippen LogP contribution in [0, 0.1) is 38.5 Å². The molecule has 0 bridgehead atoms. The number of aromatic nitrogens is 1. The summed E-state index contributed by atoms with van der Waals surface area (Å²) in [6.45, 7) is 42.7. The molecule has 5 rings (SSSR count). The zero-order valence-electron chi connectivity index (χ0n) is 86.6. The number of nitrogens with one attached hydrogen (secondary N) is 13. The molecule has 3 aromatic carbocycles. The maximum absolute atomic E-state index is 15.7. The van der Waals surface area contributed by atoms with E-state index in [-0.39, 0.29) is 101 Å². The number of alkyl carbamates (subject to hydrolysis) is 2. The Balaban J connectivity index is 1.65. The number of carboxylic acids is 1. The predicted octanol–water partition coefficient (Wildman–Crippen LogP) is 7.58. The number of benzene rings is 3. The number of carbonyl (C=O) groups excluding carboxylic acids is 13. The van der Waals surface area contributed by atoms with Gasteiger partial charge < -0.3 is 109 Å². The molecule has 1 aliphatic rings. The molecule has 18 N–H and O–H groups in total. The van der Waals surface area contributed by atoms with E-state index in [0.29, 0.717) is 62.9 Å². The Morgan fingerprint density at radius 1 is 0.514 bits per heavy atom. The van der Waals surface area contributed by atoms with E-state index in [1.165, 1.54) is 10.8 Å². The standard InChI is InChI=1S/C99H157N17O23S/c1-27-58(6)77(88(126)113-73(89(127)128)55-135-95(13,14)15)114-83(121)67(42-34-36-46-104-92(130)138-97(19,20)21)107-81(119)66(41-33-35-45-103-91(129)137-96(16,17)18)108-85(123)70(49-62-38-29-28-30-39-62)111-84(122)69(48-56(2)3)110-82(120)68(43-37-47-102-90(101)115-140(132,133)79-60(8)59(7)78-65(61(79)9)51-99(25,26)136-78)109-86(124)71(50-63-53-116(93(131)139-98(22,23)24)74-44-32-31-40-64(63)74)106-75(117)52-105-80(118)72(54-134-94(10,11)12)112-87(125)76(100)57(4)5/h28-32,38-40,44,53,56-58,66-73,76-77H,27,33-37,41-43,45-52,54-55,100H2,1-26H3,(H,103,129)(H,104,130)(H,105,118)(H,106,117)(H,107,119)(H,108,123)(H,109,124)(H,110,120)(H,111,122)(H,112,125)(H,113,126)(H,114,121)(H,127,128)(H3,101,102,115)/t58-,66-,67-,68-,69-,70-,71-,72-,73-,76-,77-/m0/s1. The lowest BCUT2D eigenvalue weighted by Gasteiger charge is -2.30. The van der Waals surface area contributed by atoms with Gasteiger partial charge in [0, 0.05) is 56.0 Å². The number of aliphatic imine (C=N–C) groups is 1. The van der Waals surface area contributed by atoms with Crippen molar-refractivity contribution >= 4 is 110 Å². The summed E-state index contributed by atoms with van der Waals surface area (Å²) in [5, 5.41) is 43.0. The molecule has 41 heteroatoms. The van der Waals surface area contributed by atoms with Crippen molar-refractivity contribution in [2.45, 2.75) is 362 Å². The van der Waals surface area contributed by atoms with E-state index in [9.17, 15) is 51.9 Å². The van der Waals surface area contributed by atoms with Crippen LogP contribution >= 0.6 is 0 Å². The molecule has 12 amide bonds. The number of hydrogen-bond donors (Lipinski definition) is 16. The first-order chi connectivity index (χ1) is 64.8. The van der Waals surface area contributed by atoms with Crippen LogP contribution in [0.3, 0.4) is 0 Å². The molecular formula is C99H157N17O23S. The number of carboxylic acid groups (broad SMARTS) is 1. The predicted molar refractivity (Wildman–Crippen MR) is 530 cm³/mol. The van der Waals surface area contributed by atoms with Gasteiger partial charge >= 0.3 is 24.2 Å². The van der Waals surface area contributed by atoms with Crippen molar-refractivity contribution in [3.05, 3.63) is 94.2 Å². The van der Waals surface area contributed by atoms with E-state index in [0.717, 1.165) is 0 Å². The summed E-state index contributed by atoms with van der Waals surface area (Å²) >= 11 is 0. The number of rotatable bonds is 50. The second kappa shape index (κ2) is 52.7. The number of ether oxygens (including phenoxy) is 6. The molecule has 2 heterocycles. The fourth-order valence-electron chi connectivity index (χ4n) is 14.9. The molecule has 140 heavy (non-hydrogen) atoms. The molecule has 40 nitrogen and oxygen atoms in total. The lowest BCUT2D eigenvalue weighted by Crippen LogP contribution is -2.61. The van der Waals surface area contributed by atoms with Gasteiger partial charge in [0.25, 0.3) is 10.0 Å². The average Bonchev–Trinajstić information content (AvgIpc) is 1.57. The molecule has 0 radical (unpaired) electrons. The fourth-order valence-corrected chi connectivity index (χ4v) is 16.4. The molecule has 11 atom stereocenters. The maximum Gasteiger partial charge on any atom is 0.419 e. The summed E-state index contributed by atoms with van der Waals surface area (Å²) in [4.78, 5) is 206. The molecule has 1 aliphatic heterocycles. The molecule has 4 aromatic rings. The number of nitrogens with two attached hydrogens (primary N) is 2. The number of aliphatic carboxylic acids is 1. The summed E-state index contributed by atoms with van der Waals surface area (Å²) in [7, 11) is -4.45. The van der Waals surface area contributed by atoms with Crippen molar-refractivity contribution < 1.29 is 109 Å². The molecule has 0 saturated heterocycles. The van der Waals surface area contributed by atoms with Crippen molar-refractivity contribution in [2.24, 2.45) is 34.2 Å². The molecule has 0 fully saturated rings. The van der Waals surface area contributed by atoms with Crippen molar-refractivity contribution in [2.75, 3.05) is 39.4 Å². The van der Waals surface area contributed by atoms with Crippen LogP contribution in [0.4, 0.5) is 14.4 Å². The van der Waals surface area contributed by atoms with Gasteiger partial charge in [-0.25, -0.2) is 32.3 Å². The number of sulfonamides is 1. The highest BCUT2D eigenvalue weighted by molar-refractivity contribution is 7.90. The Morgan fingerprint density at radius 3 is 1.47 bits per heavy atom. The van der Waals surface area contributed by atoms with Crippen molar-refractivity contribution in [3.8, 4) is 5.75 Å². The highest BCUT2D eigenvalue weighted by Gasteiger charge is 2.41. The second-order valence-corrected chi connectivity index (χ2v) is 43.7. The van der Waals surface area contributed by atoms with Crippen LogP contribution in [-0.4, -0.2) is 241 Å². The first kappa shape index (κ1) is 119. The molecule has 0 saturated carbocycles. The third-order valence-corrected chi connectivity index (χ3v) is 24.0. The monoisotopic (exact) mass is 1980 g/mol. The van der Waals surface area contributed by atoms with E-state index in [4.69, 9.17) is 39.9 Å². The van der Waals surface area contributed by atoms with E-state index >= 15 is 28.8 Å². The van der Waals surface area contributed by atoms with Crippen LogP contribution in [0.2, 0.25) is 0 Å². The van der Waals surface area contributed by atoms with E-state index in [2.05, 4.69) is 73.5 Å². The van der Waals surface area contributed by atoms with Crippen LogP contribution < -0.4 is 84.7 Å². The lowest BCUT2D eigenvalue weighted by molar-refractivity contribution is -0.146. The van der Waals surface area contributed by atoms with Gasteiger partial charge in [-0.1, -0.05) is 96.5 Å².